The van der Waals surface area contributed by atoms with Crippen molar-refractivity contribution in [1.82, 2.24) is 4.98 Å². The van der Waals surface area contributed by atoms with Crippen LogP contribution in [0.2, 0.25) is 0 Å². The molecule has 0 aromatic carbocycles. The summed E-state index contributed by atoms with van der Waals surface area (Å²) in [6.45, 7) is 0. The maximum Gasteiger partial charge on any atom is 0.339 e. The summed E-state index contributed by atoms with van der Waals surface area (Å²) in [4.78, 5) is 18.3. The van der Waals surface area contributed by atoms with E-state index in [1.807, 2.05) is 18.2 Å². The molecule has 1 aromatic heterocycles. The van der Waals surface area contributed by atoms with E-state index in [1.165, 1.54) is 6.20 Å². The van der Waals surface area contributed by atoms with Crippen molar-refractivity contribution in [1.29, 1.82) is 0 Å². The number of aliphatic imine (C=N–C) groups is 1. The van der Waals surface area contributed by atoms with Gasteiger partial charge >= 0.3 is 5.97 Å². The number of H-pyrrole nitrogens is 1. The average Bonchev–Trinajstić information content (AvgIpc) is 2.80. The lowest BCUT2D eigenvalue weighted by molar-refractivity contribution is -0.130. The van der Waals surface area contributed by atoms with Crippen LogP contribution in [0.1, 0.15) is 11.3 Å². The summed E-state index contributed by atoms with van der Waals surface area (Å²) in [5.41, 5.74) is 1.00. The number of hydrogen-bond donors (Lipinski definition) is 2. The van der Waals surface area contributed by atoms with Crippen molar-refractivity contribution in [3.8, 4) is 0 Å². The Morgan fingerprint density at radius 2 is 2.17 bits per heavy atom. The second-order valence-electron chi connectivity index (χ2n) is 4.07. The topological polar surface area (TPSA) is 74.7 Å². The molecule has 0 bridgehead atoms. The Morgan fingerprint density at radius 3 is 2.89 bits per heavy atom. The number of nitrogens with zero attached hydrogens (tertiary/aromatic N) is 1. The molecule has 0 aliphatic carbocycles. The fourth-order valence-electron chi connectivity index (χ4n) is 2.15. The number of ether oxygens (including phenoxy) is 1. The highest BCUT2D eigenvalue weighted by Crippen LogP contribution is 2.35. The van der Waals surface area contributed by atoms with Crippen LogP contribution in [0.25, 0.3) is 5.57 Å². The van der Waals surface area contributed by atoms with Gasteiger partial charge in [0, 0.05) is 18.6 Å². The summed E-state index contributed by atoms with van der Waals surface area (Å²) in [5.74, 6) is -1.01. The Morgan fingerprint density at radius 1 is 1.39 bits per heavy atom. The summed E-state index contributed by atoms with van der Waals surface area (Å²) < 4.78 is 5.04. The predicted molar refractivity (Wildman–Crippen MR) is 65.9 cm³/mol. The number of hydrogen-bond acceptors (Lipinski definition) is 3. The molecule has 0 radical (unpaired) electrons. The minimum Gasteiger partial charge on any atom is -0.478 e. The molecule has 1 spiro atoms. The highest BCUT2D eigenvalue weighted by molar-refractivity contribution is 6.16. The van der Waals surface area contributed by atoms with E-state index in [4.69, 9.17) is 4.74 Å². The van der Waals surface area contributed by atoms with Gasteiger partial charge in [0.1, 0.15) is 5.57 Å². The van der Waals surface area contributed by atoms with E-state index < -0.39 is 11.4 Å². The molecule has 5 heteroatoms. The lowest BCUT2D eigenvalue weighted by Crippen LogP contribution is -2.24. The standard InChI is InChI=1S/C13H10N2O3/c16-12(17)9-7-14-8-13(2-5-18-6-3-13)10-1-4-15-11(9)10/h1-8,15H,(H,16,17). The van der Waals surface area contributed by atoms with E-state index >= 15 is 0 Å². The molecule has 0 amide bonds. The second kappa shape index (κ2) is 3.73. The SMILES string of the molecule is O=C(O)C1=CN=CC2(C=COC=C2)c2cc[nH]c21. The van der Waals surface area contributed by atoms with E-state index in [1.54, 1.807) is 24.9 Å². The maximum absolute atomic E-state index is 11.2. The number of aromatic nitrogens is 1. The van der Waals surface area contributed by atoms with Gasteiger partial charge in [-0.2, -0.15) is 0 Å². The third-order valence-corrected chi connectivity index (χ3v) is 3.05. The molecule has 2 aliphatic rings. The molecular formula is C13H10N2O3. The van der Waals surface area contributed by atoms with Crippen molar-refractivity contribution < 1.29 is 14.6 Å². The van der Waals surface area contributed by atoms with Crippen molar-refractivity contribution in [2.45, 2.75) is 5.41 Å². The smallest absolute Gasteiger partial charge is 0.339 e. The molecule has 5 nitrogen and oxygen atoms in total. The van der Waals surface area contributed by atoms with E-state index in [0.29, 0.717) is 5.69 Å². The van der Waals surface area contributed by atoms with Crippen LogP contribution in [0.3, 0.4) is 0 Å². The Bertz CT molecular complexity index is 608. The normalized spacial score (nSPS) is 19.0. The zero-order valence-corrected chi connectivity index (χ0v) is 9.33. The largest absolute Gasteiger partial charge is 0.478 e. The average molecular weight is 242 g/mol. The van der Waals surface area contributed by atoms with Crippen LogP contribution in [0, 0.1) is 0 Å². The van der Waals surface area contributed by atoms with Crippen LogP contribution in [-0.2, 0) is 14.9 Å². The first-order valence-electron chi connectivity index (χ1n) is 5.40. The van der Waals surface area contributed by atoms with Gasteiger partial charge < -0.3 is 14.8 Å². The van der Waals surface area contributed by atoms with Gasteiger partial charge in [-0.15, -0.1) is 0 Å². The third kappa shape index (κ3) is 1.41. The number of aromatic amines is 1. The quantitative estimate of drug-likeness (QED) is 0.788. The first-order chi connectivity index (χ1) is 8.73. The fourth-order valence-corrected chi connectivity index (χ4v) is 2.15. The zero-order chi connectivity index (χ0) is 12.6. The molecule has 0 fully saturated rings. The number of carboxylic acids is 1. The first kappa shape index (κ1) is 10.6. The predicted octanol–water partition coefficient (Wildman–Crippen LogP) is 1.82. The van der Waals surface area contributed by atoms with Crippen molar-refractivity contribution in [2.75, 3.05) is 0 Å². The molecule has 0 saturated heterocycles. The summed E-state index contributed by atoms with van der Waals surface area (Å²) in [7, 11) is 0. The van der Waals surface area contributed by atoms with Gasteiger partial charge in [0.2, 0.25) is 0 Å². The number of fused-ring (bicyclic) bond motifs is 2. The van der Waals surface area contributed by atoms with Crippen LogP contribution in [-0.4, -0.2) is 22.3 Å². The minimum absolute atomic E-state index is 0.149. The maximum atomic E-state index is 11.2. The highest BCUT2D eigenvalue weighted by Gasteiger charge is 2.33. The van der Waals surface area contributed by atoms with Crippen LogP contribution < -0.4 is 0 Å². The van der Waals surface area contributed by atoms with E-state index in [2.05, 4.69) is 9.98 Å². The molecule has 90 valence electrons. The first-order valence-corrected chi connectivity index (χ1v) is 5.40. The fraction of sp³-hybridized carbons (Fsp3) is 0.0769. The Hall–Kier alpha value is -2.56. The number of aliphatic carboxylic acids is 1. The number of rotatable bonds is 1. The molecule has 0 atom stereocenters. The lowest BCUT2D eigenvalue weighted by Gasteiger charge is -2.24. The molecule has 2 N–H and O–H groups in total. The highest BCUT2D eigenvalue weighted by atomic mass is 16.5. The number of nitrogens with one attached hydrogen (secondary N) is 1. The lowest BCUT2D eigenvalue weighted by atomic mass is 9.80. The van der Waals surface area contributed by atoms with Crippen LogP contribution in [0.15, 0.2) is 48.1 Å². The monoisotopic (exact) mass is 242 g/mol. The number of allylic oxidation sites excluding steroid dienone is 2. The summed E-state index contributed by atoms with van der Waals surface area (Å²) in [6.07, 6.45) is 11.6. The molecule has 3 rings (SSSR count). The molecule has 3 heterocycles. The van der Waals surface area contributed by atoms with Gasteiger partial charge in [-0.1, -0.05) is 0 Å². The van der Waals surface area contributed by atoms with Gasteiger partial charge in [0.05, 0.1) is 23.6 Å². The van der Waals surface area contributed by atoms with Gasteiger partial charge in [-0.25, -0.2) is 4.79 Å². The Kier molecular flexibility index (Phi) is 2.19. The van der Waals surface area contributed by atoms with Gasteiger partial charge in [-0.05, 0) is 23.8 Å². The molecule has 2 aliphatic heterocycles. The van der Waals surface area contributed by atoms with Crippen molar-refractivity contribution >= 4 is 17.8 Å². The third-order valence-electron chi connectivity index (χ3n) is 3.05. The van der Waals surface area contributed by atoms with Crippen molar-refractivity contribution in [3.63, 3.8) is 0 Å². The zero-order valence-electron chi connectivity index (χ0n) is 9.33. The number of carboxylic acid groups (broad SMARTS) is 1. The van der Waals surface area contributed by atoms with Gasteiger partial charge in [-0.3, -0.25) is 4.99 Å². The summed E-state index contributed by atoms with van der Waals surface area (Å²) >= 11 is 0. The summed E-state index contributed by atoms with van der Waals surface area (Å²) in [5, 5.41) is 9.19. The van der Waals surface area contributed by atoms with Crippen LogP contribution in [0.5, 0.6) is 0 Å². The molecule has 0 saturated carbocycles. The summed E-state index contributed by atoms with van der Waals surface area (Å²) in [6, 6.07) is 1.85. The second-order valence-corrected chi connectivity index (χ2v) is 4.07. The van der Waals surface area contributed by atoms with E-state index in [9.17, 15) is 9.90 Å². The van der Waals surface area contributed by atoms with Crippen LogP contribution in [0.4, 0.5) is 0 Å². The van der Waals surface area contributed by atoms with Gasteiger partial charge in [0.15, 0.2) is 0 Å². The minimum atomic E-state index is -1.01. The Balaban J connectivity index is 2.22. The molecule has 1 aromatic rings. The van der Waals surface area contributed by atoms with E-state index in [-0.39, 0.29) is 5.57 Å². The van der Waals surface area contributed by atoms with Gasteiger partial charge in [0.25, 0.3) is 0 Å². The Labute approximate surface area is 103 Å². The molecule has 0 unspecified atom stereocenters. The van der Waals surface area contributed by atoms with Crippen LogP contribution >= 0.6 is 0 Å². The molecular weight excluding hydrogens is 232 g/mol. The number of carbonyl (C=O) groups is 1. The van der Waals surface area contributed by atoms with Crippen molar-refractivity contribution in [3.05, 3.63) is 54.4 Å². The van der Waals surface area contributed by atoms with E-state index in [0.717, 1.165) is 5.56 Å². The molecule has 18 heavy (non-hydrogen) atoms. The van der Waals surface area contributed by atoms with Crippen molar-refractivity contribution in [2.24, 2.45) is 4.99 Å².